The number of aryl methyl sites for hydroxylation is 2. The van der Waals surface area contributed by atoms with Crippen molar-refractivity contribution < 1.29 is 9.21 Å². The standard InChI is InChI=1S/C10H11N3O2S/c1-7-12-8(6-15-7)2-3-9(14)13-10-11-4-5-16-10/h4-6H,2-3H2,1H3,(H,11,13,14). The third-order valence-electron chi connectivity index (χ3n) is 1.95. The third-order valence-corrected chi connectivity index (χ3v) is 2.64. The molecule has 1 amide bonds. The van der Waals surface area contributed by atoms with Crippen molar-refractivity contribution >= 4 is 22.4 Å². The van der Waals surface area contributed by atoms with Crippen LogP contribution in [0.2, 0.25) is 0 Å². The molecule has 2 heterocycles. The highest BCUT2D eigenvalue weighted by Gasteiger charge is 2.06. The van der Waals surface area contributed by atoms with Crippen LogP contribution in [0, 0.1) is 6.92 Å². The summed E-state index contributed by atoms with van der Waals surface area (Å²) in [5.41, 5.74) is 0.798. The molecule has 0 atom stereocenters. The van der Waals surface area contributed by atoms with E-state index < -0.39 is 0 Å². The summed E-state index contributed by atoms with van der Waals surface area (Å²) in [4.78, 5) is 19.6. The molecule has 84 valence electrons. The van der Waals surface area contributed by atoms with Crippen LogP contribution in [-0.2, 0) is 11.2 Å². The van der Waals surface area contributed by atoms with E-state index >= 15 is 0 Å². The van der Waals surface area contributed by atoms with Gasteiger partial charge in [0.05, 0.1) is 5.69 Å². The number of nitrogens with one attached hydrogen (secondary N) is 1. The first-order chi connectivity index (χ1) is 7.74. The Balaban J connectivity index is 1.80. The van der Waals surface area contributed by atoms with Crippen molar-refractivity contribution in [2.24, 2.45) is 0 Å². The normalized spacial score (nSPS) is 10.3. The summed E-state index contributed by atoms with van der Waals surface area (Å²) in [5, 5.41) is 5.15. The van der Waals surface area contributed by atoms with E-state index in [1.165, 1.54) is 11.3 Å². The van der Waals surface area contributed by atoms with E-state index in [0.717, 1.165) is 5.69 Å². The summed E-state index contributed by atoms with van der Waals surface area (Å²) in [6.07, 6.45) is 4.19. The topological polar surface area (TPSA) is 68.0 Å². The number of oxazole rings is 1. The monoisotopic (exact) mass is 237 g/mol. The molecular formula is C10H11N3O2S. The largest absolute Gasteiger partial charge is 0.449 e. The molecule has 0 fully saturated rings. The average Bonchev–Trinajstić information content (AvgIpc) is 2.87. The number of carbonyl (C=O) groups is 1. The van der Waals surface area contributed by atoms with E-state index in [0.29, 0.717) is 23.9 Å². The second-order valence-corrected chi connectivity index (χ2v) is 4.14. The van der Waals surface area contributed by atoms with Crippen LogP contribution in [-0.4, -0.2) is 15.9 Å². The number of rotatable bonds is 4. The van der Waals surface area contributed by atoms with Crippen molar-refractivity contribution in [3.05, 3.63) is 29.4 Å². The zero-order valence-electron chi connectivity index (χ0n) is 8.77. The van der Waals surface area contributed by atoms with E-state index in [1.54, 1.807) is 19.4 Å². The molecule has 1 N–H and O–H groups in total. The molecule has 0 spiro atoms. The fourth-order valence-electron chi connectivity index (χ4n) is 1.23. The first kappa shape index (κ1) is 10.8. The van der Waals surface area contributed by atoms with E-state index in [4.69, 9.17) is 4.42 Å². The summed E-state index contributed by atoms with van der Waals surface area (Å²) in [6, 6.07) is 0. The molecule has 2 rings (SSSR count). The zero-order valence-corrected chi connectivity index (χ0v) is 9.58. The Kier molecular flexibility index (Phi) is 3.31. The van der Waals surface area contributed by atoms with Crippen LogP contribution in [0.5, 0.6) is 0 Å². The number of aromatic nitrogens is 2. The molecule has 5 nitrogen and oxygen atoms in total. The molecule has 0 aromatic carbocycles. The summed E-state index contributed by atoms with van der Waals surface area (Å²) in [6.45, 7) is 1.78. The van der Waals surface area contributed by atoms with Crippen LogP contribution in [0.3, 0.4) is 0 Å². The maximum atomic E-state index is 11.5. The van der Waals surface area contributed by atoms with Gasteiger partial charge in [-0.1, -0.05) is 0 Å². The Hall–Kier alpha value is -1.69. The SMILES string of the molecule is Cc1nc(CCC(=O)Nc2nccs2)co1. The molecule has 0 saturated heterocycles. The quantitative estimate of drug-likeness (QED) is 0.883. The smallest absolute Gasteiger partial charge is 0.226 e. The molecule has 0 unspecified atom stereocenters. The molecule has 0 aliphatic carbocycles. The fraction of sp³-hybridized carbons (Fsp3) is 0.300. The number of hydrogen-bond donors (Lipinski definition) is 1. The second kappa shape index (κ2) is 4.89. The minimum absolute atomic E-state index is 0.0596. The Bertz CT molecular complexity index is 464. The second-order valence-electron chi connectivity index (χ2n) is 3.24. The number of nitrogens with zero attached hydrogens (tertiary/aromatic N) is 2. The number of thiazole rings is 1. The summed E-state index contributed by atoms with van der Waals surface area (Å²) in [7, 11) is 0. The maximum absolute atomic E-state index is 11.5. The summed E-state index contributed by atoms with van der Waals surface area (Å²) >= 11 is 1.40. The molecule has 0 radical (unpaired) electrons. The minimum atomic E-state index is -0.0596. The predicted octanol–water partition coefficient (Wildman–Crippen LogP) is 2.01. The van der Waals surface area contributed by atoms with Gasteiger partial charge in [0.2, 0.25) is 5.91 Å². The van der Waals surface area contributed by atoms with Gasteiger partial charge in [-0.3, -0.25) is 4.79 Å². The number of hydrogen-bond acceptors (Lipinski definition) is 5. The van der Waals surface area contributed by atoms with Crippen LogP contribution < -0.4 is 5.32 Å². The van der Waals surface area contributed by atoms with Gasteiger partial charge in [0.1, 0.15) is 6.26 Å². The molecule has 0 saturated carbocycles. The predicted molar refractivity (Wildman–Crippen MR) is 60.3 cm³/mol. The first-order valence-electron chi connectivity index (χ1n) is 4.84. The lowest BCUT2D eigenvalue weighted by Crippen LogP contribution is -2.12. The van der Waals surface area contributed by atoms with Crippen LogP contribution in [0.1, 0.15) is 18.0 Å². The van der Waals surface area contributed by atoms with Crippen molar-refractivity contribution in [1.82, 2.24) is 9.97 Å². The van der Waals surface area contributed by atoms with Gasteiger partial charge in [-0.05, 0) is 0 Å². The van der Waals surface area contributed by atoms with Gasteiger partial charge >= 0.3 is 0 Å². The summed E-state index contributed by atoms with van der Waals surface area (Å²) in [5.74, 6) is 0.561. The van der Waals surface area contributed by atoms with Crippen molar-refractivity contribution in [2.75, 3.05) is 5.32 Å². The van der Waals surface area contributed by atoms with Gasteiger partial charge in [0.15, 0.2) is 11.0 Å². The average molecular weight is 237 g/mol. The molecule has 6 heteroatoms. The van der Waals surface area contributed by atoms with Gasteiger partial charge in [0.25, 0.3) is 0 Å². The fourth-order valence-corrected chi connectivity index (χ4v) is 1.78. The van der Waals surface area contributed by atoms with Crippen LogP contribution in [0.25, 0.3) is 0 Å². The van der Waals surface area contributed by atoms with Gasteiger partial charge in [-0.15, -0.1) is 11.3 Å². The van der Waals surface area contributed by atoms with Crippen LogP contribution in [0.15, 0.2) is 22.3 Å². The third kappa shape index (κ3) is 2.90. The van der Waals surface area contributed by atoms with Crippen molar-refractivity contribution in [3.63, 3.8) is 0 Å². The number of amides is 1. The van der Waals surface area contributed by atoms with Crippen molar-refractivity contribution in [1.29, 1.82) is 0 Å². The van der Waals surface area contributed by atoms with Crippen LogP contribution in [0.4, 0.5) is 5.13 Å². The molecule has 16 heavy (non-hydrogen) atoms. The molecule has 0 bridgehead atoms. The Labute approximate surface area is 96.5 Å². The molecule has 2 aromatic rings. The van der Waals surface area contributed by atoms with Crippen molar-refractivity contribution in [3.8, 4) is 0 Å². The molecule has 2 aromatic heterocycles. The maximum Gasteiger partial charge on any atom is 0.226 e. The van der Waals surface area contributed by atoms with Gasteiger partial charge in [0, 0.05) is 31.3 Å². The minimum Gasteiger partial charge on any atom is -0.449 e. The van der Waals surface area contributed by atoms with Crippen molar-refractivity contribution in [2.45, 2.75) is 19.8 Å². The Morgan fingerprint density at radius 3 is 3.12 bits per heavy atom. The lowest BCUT2D eigenvalue weighted by molar-refractivity contribution is -0.116. The zero-order chi connectivity index (χ0) is 11.4. The van der Waals surface area contributed by atoms with E-state index in [-0.39, 0.29) is 5.91 Å². The number of carbonyl (C=O) groups excluding carboxylic acids is 1. The Morgan fingerprint density at radius 1 is 1.62 bits per heavy atom. The molecule has 0 aliphatic heterocycles. The highest BCUT2D eigenvalue weighted by Crippen LogP contribution is 2.11. The van der Waals surface area contributed by atoms with Gasteiger partial charge in [-0.2, -0.15) is 0 Å². The first-order valence-corrected chi connectivity index (χ1v) is 5.72. The van der Waals surface area contributed by atoms with Crippen LogP contribution >= 0.6 is 11.3 Å². The Morgan fingerprint density at radius 2 is 2.50 bits per heavy atom. The summed E-state index contributed by atoms with van der Waals surface area (Å²) < 4.78 is 5.05. The number of anilines is 1. The van der Waals surface area contributed by atoms with E-state index in [1.807, 2.05) is 5.38 Å². The van der Waals surface area contributed by atoms with E-state index in [9.17, 15) is 4.79 Å². The van der Waals surface area contributed by atoms with Gasteiger partial charge in [-0.25, -0.2) is 9.97 Å². The van der Waals surface area contributed by atoms with E-state index in [2.05, 4.69) is 15.3 Å². The van der Waals surface area contributed by atoms with Gasteiger partial charge < -0.3 is 9.73 Å². The molecule has 0 aliphatic rings. The molecular weight excluding hydrogens is 226 g/mol. The lowest BCUT2D eigenvalue weighted by Gasteiger charge is -1.99. The highest BCUT2D eigenvalue weighted by molar-refractivity contribution is 7.13. The lowest BCUT2D eigenvalue weighted by atomic mass is 10.2. The highest BCUT2D eigenvalue weighted by atomic mass is 32.1.